The molecule has 0 aromatic heterocycles. The molecule has 0 saturated carbocycles. The van der Waals surface area contributed by atoms with Crippen molar-refractivity contribution in [2.24, 2.45) is 10.8 Å². The molecule has 0 aliphatic heterocycles. The maximum absolute atomic E-state index is 5.99. The van der Waals surface area contributed by atoms with Crippen LogP contribution in [0.15, 0.2) is 23.2 Å². The van der Waals surface area contributed by atoms with Gasteiger partial charge in [0.1, 0.15) is 0 Å². The first-order valence-electron chi connectivity index (χ1n) is 4.90. The van der Waals surface area contributed by atoms with Crippen molar-refractivity contribution in [3.05, 3.63) is 28.2 Å². The second-order valence-electron chi connectivity index (χ2n) is 3.12. The Labute approximate surface area is 105 Å². The third-order valence-electron chi connectivity index (χ3n) is 1.81. The lowest BCUT2D eigenvalue weighted by Crippen LogP contribution is -2.36. The third kappa shape index (κ3) is 3.89. The minimum absolute atomic E-state index is 0.478. The van der Waals surface area contributed by atoms with Crippen molar-refractivity contribution < 1.29 is 0 Å². The molecule has 4 nitrogen and oxygen atoms in total. The van der Waals surface area contributed by atoms with E-state index in [1.54, 1.807) is 18.2 Å². The Morgan fingerprint density at radius 2 is 2.19 bits per heavy atom. The average molecular weight is 261 g/mol. The van der Waals surface area contributed by atoms with Crippen molar-refractivity contribution in [2.45, 2.75) is 13.3 Å². The van der Waals surface area contributed by atoms with Gasteiger partial charge in [-0.15, -0.1) is 0 Å². The molecule has 6 heteroatoms. The Morgan fingerprint density at radius 3 is 2.75 bits per heavy atom. The van der Waals surface area contributed by atoms with Crippen LogP contribution in [0.4, 0.5) is 5.69 Å². The zero-order chi connectivity index (χ0) is 12.0. The number of halogens is 2. The lowest BCUT2D eigenvalue weighted by Gasteiger charge is -2.10. The number of rotatable bonds is 3. The van der Waals surface area contributed by atoms with Crippen LogP contribution in [-0.4, -0.2) is 12.5 Å². The Kier molecular flexibility index (Phi) is 5.38. The molecule has 0 radical (unpaired) electrons. The smallest absolute Gasteiger partial charge is 0.210 e. The van der Waals surface area contributed by atoms with Crippen LogP contribution in [0.3, 0.4) is 0 Å². The number of anilines is 1. The quantitative estimate of drug-likeness (QED) is 0.339. The molecular weight excluding hydrogens is 247 g/mol. The highest BCUT2D eigenvalue weighted by Gasteiger charge is 2.03. The third-order valence-corrected chi connectivity index (χ3v) is 2.36. The summed E-state index contributed by atoms with van der Waals surface area (Å²) in [4.78, 5) is 4.20. The molecule has 0 aliphatic carbocycles. The van der Waals surface area contributed by atoms with Gasteiger partial charge in [-0.3, -0.25) is 10.4 Å². The van der Waals surface area contributed by atoms with Gasteiger partial charge in [0.2, 0.25) is 5.96 Å². The van der Waals surface area contributed by atoms with Gasteiger partial charge in [-0.25, -0.2) is 5.84 Å². The molecule has 1 rings (SSSR count). The molecule has 16 heavy (non-hydrogen) atoms. The van der Waals surface area contributed by atoms with E-state index in [1.807, 2.05) is 6.92 Å². The van der Waals surface area contributed by atoms with E-state index >= 15 is 0 Å². The number of nitrogens with one attached hydrogen (secondary N) is 2. The van der Waals surface area contributed by atoms with Crippen LogP contribution < -0.4 is 16.6 Å². The number of guanidine groups is 1. The number of hydrogen-bond donors (Lipinski definition) is 3. The highest BCUT2D eigenvalue weighted by Crippen LogP contribution is 2.25. The Morgan fingerprint density at radius 1 is 1.44 bits per heavy atom. The van der Waals surface area contributed by atoms with Crippen LogP contribution in [0, 0.1) is 0 Å². The molecule has 0 bridgehead atoms. The molecule has 0 saturated heterocycles. The molecule has 4 N–H and O–H groups in total. The van der Waals surface area contributed by atoms with E-state index in [2.05, 4.69) is 15.7 Å². The predicted molar refractivity (Wildman–Crippen MR) is 70.0 cm³/mol. The first kappa shape index (κ1) is 13.1. The number of benzene rings is 1. The van der Waals surface area contributed by atoms with E-state index in [9.17, 15) is 0 Å². The molecule has 88 valence electrons. The standard InChI is InChI=1S/C10H14Cl2N4/c1-2-5-14-10(16-13)15-9-4-3-7(11)6-8(9)12/h3-4,6H,2,5,13H2,1H3,(H2,14,15,16). The molecule has 0 amide bonds. The van der Waals surface area contributed by atoms with Gasteiger partial charge in [-0.2, -0.15) is 0 Å². The van der Waals surface area contributed by atoms with E-state index in [-0.39, 0.29) is 0 Å². The largest absolute Gasteiger partial charge is 0.324 e. The normalized spacial score (nSPS) is 11.4. The maximum Gasteiger partial charge on any atom is 0.210 e. The van der Waals surface area contributed by atoms with Crippen LogP contribution in [-0.2, 0) is 0 Å². The molecule has 1 aromatic carbocycles. The summed E-state index contributed by atoms with van der Waals surface area (Å²) in [5, 5.41) is 4.09. The molecule has 0 fully saturated rings. The maximum atomic E-state index is 5.99. The molecule has 0 unspecified atom stereocenters. The summed E-state index contributed by atoms with van der Waals surface area (Å²) in [5.74, 6) is 5.81. The number of aliphatic imine (C=N–C) groups is 1. The van der Waals surface area contributed by atoms with Crippen LogP contribution in [0.5, 0.6) is 0 Å². The lowest BCUT2D eigenvalue weighted by atomic mass is 10.3. The molecule has 0 heterocycles. The lowest BCUT2D eigenvalue weighted by molar-refractivity contribution is 0.905. The zero-order valence-electron chi connectivity index (χ0n) is 8.93. The van der Waals surface area contributed by atoms with Crippen molar-refractivity contribution in [2.75, 3.05) is 11.9 Å². The van der Waals surface area contributed by atoms with Crippen molar-refractivity contribution >= 4 is 34.8 Å². The Hall–Kier alpha value is -0.970. The van der Waals surface area contributed by atoms with Gasteiger partial charge in [-0.1, -0.05) is 30.1 Å². The van der Waals surface area contributed by atoms with Crippen molar-refractivity contribution in [3.63, 3.8) is 0 Å². The van der Waals surface area contributed by atoms with E-state index in [0.717, 1.165) is 6.42 Å². The van der Waals surface area contributed by atoms with E-state index < -0.39 is 0 Å². The molecule has 0 spiro atoms. The molecular formula is C10H14Cl2N4. The fraction of sp³-hybridized carbons (Fsp3) is 0.300. The second kappa shape index (κ2) is 6.58. The van der Waals surface area contributed by atoms with Crippen LogP contribution in [0.2, 0.25) is 10.0 Å². The average Bonchev–Trinajstić information content (AvgIpc) is 2.27. The van der Waals surface area contributed by atoms with Gasteiger partial charge < -0.3 is 5.32 Å². The minimum atomic E-state index is 0.478. The molecule has 0 aliphatic rings. The summed E-state index contributed by atoms with van der Waals surface area (Å²) in [6.07, 6.45) is 0.946. The highest BCUT2D eigenvalue weighted by atomic mass is 35.5. The van der Waals surface area contributed by atoms with Gasteiger partial charge in [-0.05, 0) is 24.6 Å². The zero-order valence-corrected chi connectivity index (χ0v) is 10.4. The van der Waals surface area contributed by atoms with Gasteiger partial charge in [0.25, 0.3) is 0 Å². The minimum Gasteiger partial charge on any atom is -0.324 e. The Bertz CT molecular complexity index is 379. The number of hydrazine groups is 1. The van der Waals surface area contributed by atoms with Crippen molar-refractivity contribution in [1.82, 2.24) is 5.43 Å². The Balaban J connectivity index is 2.78. The monoisotopic (exact) mass is 260 g/mol. The van der Waals surface area contributed by atoms with E-state index in [0.29, 0.717) is 28.2 Å². The highest BCUT2D eigenvalue weighted by molar-refractivity contribution is 6.36. The van der Waals surface area contributed by atoms with Crippen LogP contribution >= 0.6 is 23.2 Å². The van der Waals surface area contributed by atoms with E-state index in [1.165, 1.54) is 0 Å². The predicted octanol–water partition coefficient (Wildman–Crippen LogP) is 2.63. The summed E-state index contributed by atoms with van der Waals surface area (Å²) in [6.45, 7) is 2.73. The van der Waals surface area contributed by atoms with Crippen molar-refractivity contribution in [3.8, 4) is 0 Å². The summed E-state index contributed by atoms with van der Waals surface area (Å²) >= 11 is 11.8. The number of hydrogen-bond acceptors (Lipinski definition) is 2. The second-order valence-corrected chi connectivity index (χ2v) is 3.97. The first-order valence-corrected chi connectivity index (χ1v) is 5.66. The van der Waals surface area contributed by atoms with Gasteiger partial charge >= 0.3 is 0 Å². The van der Waals surface area contributed by atoms with Crippen molar-refractivity contribution in [1.29, 1.82) is 0 Å². The summed E-state index contributed by atoms with van der Waals surface area (Å²) < 4.78 is 0. The van der Waals surface area contributed by atoms with Gasteiger partial charge in [0.05, 0.1) is 10.7 Å². The van der Waals surface area contributed by atoms with Gasteiger partial charge in [0, 0.05) is 11.6 Å². The number of nitrogens with two attached hydrogens (primary N) is 1. The van der Waals surface area contributed by atoms with E-state index in [4.69, 9.17) is 29.0 Å². The number of nitrogens with zero attached hydrogens (tertiary/aromatic N) is 1. The molecule has 1 aromatic rings. The van der Waals surface area contributed by atoms with Crippen LogP contribution in [0.1, 0.15) is 13.3 Å². The fourth-order valence-electron chi connectivity index (χ4n) is 1.06. The fourth-order valence-corrected chi connectivity index (χ4v) is 1.52. The first-order chi connectivity index (χ1) is 7.67. The van der Waals surface area contributed by atoms with Gasteiger partial charge in [0.15, 0.2) is 0 Å². The SMILES string of the molecule is CCCN=C(NN)Nc1ccc(Cl)cc1Cl. The summed E-state index contributed by atoms with van der Waals surface area (Å²) in [6, 6.07) is 5.16. The summed E-state index contributed by atoms with van der Waals surface area (Å²) in [5.41, 5.74) is 3.18. The molecule has 0 atom stereocenters. The summed E-state index contributed by atoms with van der Waals surface area (Å²) in [7, 11) is 0. The van der Waals surface area contributed by atoms with Crippen LogP contribution in [0.25, 0.3) is 0 Å². The topological polar surface area (TPSA) is 62.4 Å².